The van der Waals surface area contributed by atoms with E-state index >= 15 is 0 Å². The predicted molar refractivity (Wildman–Crippen MR) is 54.3 cm³/mol. The second-order valence-electron chi connectivity index (χ2n) is 4.16. The lowest BCUT2D eigenvalue weighted by Crippen LogP contribution is -2.34. The van der Waals surface area contributed by atoms with Gasteiger partial charge in [-0.3, -0.25) is 4.90 Å². The molecule has 3 nitrogen and oxygen atoms in total. The minimum absolute atomic E-state index is 0.382. The fourth-order valence-electron chi connectivity index (χ4n) is 2.70. The van der Waals surface area contributed by atoms with E-state index in [1.54, 1.807) is 0 Å². The fourth-order valence-corrected chi connectivity index (χ4v) is 2.85. The van der Waals surface area contributed by atoms with Crippen LogP contribution in [0.3, 0.4) is 0 Å². The molecular weight excluding hydrogens is 198 g/mol. The van der Waals surface area contributed by atoms with Crippen LogP contribution in [0.15, 0.2) is 6.20 Å². The summed E-state index contributed by atoms with van der Waals surface area (Å²) in [6, 6.07) is 1.19. The molecule has 2 aliphatic rings. The second kappa shape index (κ2) is 2.91. The summed E-state index contributed by atoms with van der Waals surface area (Å²) in [5.41, 5.74) is 2.45. The van der Waals surface area contributed by atoms with Gasteiger partial charge in [0.05, 0.1) is 5.69 Å². The summed E-state index contributed by atoms with van der Waals surface area (Å²) in [4.78, 5) is 10.8. The van der Waals surface area contributed by atoms with Crippen LogP contribution in [0, 0.1) is 0 Å². The van der Waals surface area contributed by atoms with E-state index in [-0.39, 0.29) is 0 Å². The molecule has 0 spiro atoms. The van der Waals surface area contributed by atoms with Crippen molar-refractivity contribution in [2.45, 2.75) is 31.3 Å². The fraction of sp³-hybridized carbons (Fsp3) is 0.600. The molecule has 0 aromatic carbocycles. The first-order valence-corrected chi connectivity index (χ1v) is 5.37. The highest BCUT2D eigenvalue weighted by Gasteiger charge is 2.38. The van der Waals surface area contributed by atoms with Crippen LogP contribution in [0.4, 0.5) is 0 Å². The monoisotopic (exact) mass is 209 g/mol. The van der Waals surface area contributed by atoms with E-state index in [4.69, 9.17) is 11.6 Å². The van der Waals surface area contributed by atoms with Gasteiger partial charge in [-0.25, -0.2) is 9.97 Å². The topological polar surface area (TPSA) is 29.0 Å². The van der Waals surface area contributed by atoms with Gasteiger partial charge < -0.3 is 0 Å². The third-order valence-electron chi connectivity index (χ3n) is 3.50. The molecule has 14 heavy (non-hydrogen) atoms. The van der Waals surface area contributed by atoms with E-state index in [0.29, 0.717) is 17.4 Å². The Morgan fingerprint density at radius 2 is 2.36 bits per heavy atom. The number of hydrogen-bond donors (Lipinski definition) is 0. The van der Waals surface area contributed by atoms with E-state index in [9.17, 15) is 0 Å². The van der Waals surface area contributed by atoms with Crippen molar-refractivity contribution in [3.63, 3.8) is 0 Å². The largest absolute Gasteiger partial charge is 0.296 e. The first-order chi connectivity index (χ1) is 6.75. The Labute approximate surface area is 88.1 Å². The van der Waals surface area contributed by atoms with E-state index in [1.165, 1.54) is 18.4 Å². The van der Waals surface area contributed by atoms with Gasteiger partial charge in [0.15, 0.2) is 0 Å². The molecule has 2 unspecified atom stereocenters. The molecule has 0 aliphatic carbocycles. The second-order valence-corrected chi connectivity index (χ2v) is 4.50. The summed E-state index contributed by atoms with van der Waals surface area (Å²) in [5.74, 6) is 0. The highest BCUT2D eigenvalue weighted by Crippen LogP contribution is 2.41. The Morgan fingerprint density at radius 1 is 1.50 bits per heavy atom. The summed E-state index contributed by atoms with van der Waals surface area (Å²) >= 11 is 5.79. The molecule has 74 valence electrons. The summed E-state index contributed by atoms with van der Waals surface area (Å²) < 4.78 is 0. The Morgan fingerprint density at radius 3 is 3.21 bits per heavy atom. The van der Waals surface area contributed by atoms with E-state index in [0.717, 1.165) is 12.1 Å². The Hall–Kier alpha value is -0.670. The van der Waals surface area contributed by atoms with Crippen molar-refractivity contribution in [1.82, 2.24) is 14.9 Å². The summed E-state index contributed by atoms with van der Waals surface area (Å²) in [6.45, 7) is 0. The zero-order chi connectivity index (χ0) is 9.71. The van der Waals surface area contributed by atoms with E-state index in [1.807, 2.05) is 6.20 Å². The lowest BCUT2D eigenvalue weighted by molar-refractivity contribution is 0.221. The lowest BCUT2D eigenvalue weighted by atomic mass is 10.0. The molecule has 1 fully saturated rings. The molecular formula is C10H12ClN3. The third kappa shape index (κ3) is 1.09. The van der Waals surface area contributed by atoms with Crippen molar-refractivity contribution in [2.24, 2.45) is 0 Å². The molecule has 2 atom stereocenters. The molecule has 2 aliphatic heterocycles. The molecule has 4 heteroatoms. The highest BCUT2D eigenvalue weighted by molar-refractivity contribution is 6.28. The summed E-state index contributed by atoms with van der Waals surface area (Å²) in [5, 5.41) is 0.382. The van der Waals surface area contributed by atoms with Gasteiger partial charge in [0, 0.05) is 30.3 Å². The average molecular weight is 210 g/mol. The molecule has 1 saturated heterocycles. The average Bonchev–Trinajstić information content (AvgIpc) is 2.44. The van der Waals surface area contributed by atoms with Crippen LogP contribution in [0.1, 0.15) is 30.1 Å². The first kappa shape index (κ1) is 8.62. The van der Waals surface area contributed by atoms with Gasteiger partial charge >= 0.3 is 0 Å². The number of halogens is 1. The predicted octanol–water partition coefficient (Wildman–Crippen LogP) is 1.82. The van der Waals surface area contributed by atoms with Gasteiger partial charge in [-0.15, -0.1) is 0 Å². The van der Waals surface area contributed by atoms with Gasteiger partial charge in [-0.05, 0) is 31.5 Å². The Balaban J connectivity index is 2.11. The number of likely N-dealkylation sites (N-methyl/N-ethyl adjacent to an activating group) is 1. The standard InChI is InChI=1S/C10H12ClN3/c1-14-6-2-3-9(14)7-5-12-10(11)13-8(7)4-6/h5-6,9H,2-4H2,1H3. The van der Waals surface area contributed by atoms with Crippen molar-refractivity contribution in [3.05, 3.63) is 22.7 Å². The number of rotatable bonds is 0. The number of fused-ring (bicyclic) bond motifs is 4. The number of nitrogens with zero attached hydrogens (tertiary/aromatic N) is 3. The highest BCUT2D eigenvalue weighted by atomic mass is 35.5. The molecule has 0 N–H and O–H groups in total. The van der Waals surface area contributed by atoms with Crippen LogP contribution in [0.2, 0.25) is 5.28 Å². The maximum Gasteiger partial charge on any atom is 0.222 e. The Kier molecular flexibility index (Phi) is 1.79. The molecule has 1 aromatic rings. The molecule has 3 rings (SSSR count). The van der Waals surface area contributed by atoms with Gasteiger partial charge in [0.2, 0.25) is 5.28 Å². The minimum Gasteiger partial charge on any atom is -0.296 e. The van der Waals surface area contributed by atoms with Crippen molar-refractivity contribution in [2.75, 3.05) is 7.05 Å². The van der Waals surface area contributed by atoms with E-state index < -0.39 is 0 Å². The summed E-state index contributed by atoms with van der Waals surface area (Å²) in [6.07, 6.45) is 5.44. The molecule has 1 aromatic heterocycles. The van der Waals surface area contributed by atoms with Crippen LogP contribution in [0.5, 0.6) is 0 Å². The van der Waals surface area contributed by atoms with Crippen LogP contribution in [0.25, 0.3) is 0 Å². The van der Waals surface area contributed by atoms with E-state index in [2.05, 4.69) is 21.9 Å². The van der Waals surface area contributed by atoms with Crippen molar-refractivity contribution >= 4 is 11.6 Å². The SMILES string of the molecule is CN1C2CCC1c1cnc(Cl)nc1C2. The van der Waals surface area contributed by atoms with Crippen molar-refractivity contribution in [1.29, 1.82) is 0 Å². The third-order valence-corrected chi connectivity index (χ3v) is 3.68. The van der Waals surface area contributed by atoms with Crippen molar-refractivity contribution < 1.29 is 0 Å². The van der Waals surface area contributed by atoms with Gasteiger partial charge in [0.25, 0.3) is 0 Å². The number of aromatic nitrogens is 2. The maximum atomic E-state index is 5.79. The van der Waals surface area contributed by atoms with Gasteiger partial charge in [-0.1, -0.05) is 0 Å². The van der Waals surface area contributed by atoms with Gasteiger partial charge in [-0.2, -0.15) is 0 Å². The quantitative estimate of drug-likeness (QED) is 0.611. The lowest BCUT2D eigenvalue weighted by Gasteiger charge is -2.31. The smallest absolute Gasteiger partial charge is 0.222 e. The van der Waals surface area contributed by atoms with Crippen LogP contribution in [-0.2, 0) is 6.42 Å². The molecule has 0 saturated carbocycles. The zero-order valence-corrected chi connectivity index (χ0v) is 8.83. The summed E-state index contributed by atoms with van der Waals surface area (Å²) in [7, 11) is 2.19. The van der Waals surface area contributed by atoms with Crippen LogP contribution in [-0.4, -0.2) is 28.0 Å². The van der Waals surface area contributed by atoms with Crippen LogP contribution >= 0.6 is 11.6 Å². The maximum absolute atomic E-state index is 5.79. The molecule has 2 bridgehead atoms. The van der Waals surface area contributed by atoms with Gasteiger partial charge in [0.1, 0.15) is 0 Å². The zero-order valence-electron chi connectivity index (χ0n) is 8.07. The molecule has 3 heterocycles. The van der Waals surface area contributed by atoms with Crippen LogP contribution < -0.4 is 0 Å². The minimum atomic E-state index is 0.382. The first-order valence-electron chi connectivity index (χ1n) is 4.99. The normalized spacial score (nSPS) is 30.4. The molecule has 0 radical (unpaired) electrons. The Bertz CT molecular complexity index is 380. The van der Waals surface area contributed by atoms with Crippen molar-refractivity contribution in [3.8, 4) is 0 Å². The number of hydrogen-bond acceptors (Lipinski definition) is 3. The molecule has 0 amide bonds.